The third-order valence-corrected chi connectivity index (χ3v) is 4.31. The summed E-state index contributed by atoms with van der Waals surface area (Å²) in [6.07, 6.45) is 0. The summed E-state index contributed by atoms with van der Waals surface area (Å²) < 4.78 is 15.0. The summed E-state index contributed by atoms with van der Waals surface area (Å²) >= 11 is 0. The van der Waals surface area contributed by atoms with Gasteiger partial charge >= 0.3 is 6.03 Å². The molecule has 140 valence electrons. The highest BCUT2D eigenvalue weighted by atomic mass is 19.1. The van der Waals surface area contributed by atoms with Gasteiger partial charge in [0.05, 0.1) is 11.2 Å². The third-order valence-electron chi connectivity index (χ3n) is 4.31. The van der Waals surface area contributed by atoms with Gasteiger partial charge in [-0.2, -0.15) is 0 Å². The van der Waals surface area contributed by atoms with Crippen molar-refractivity contribution in [2.75, 3.05) is 11.1 Å². The minimum Gasteiger partial charge on any atom is -0.382 e. The monoisotopic (exact) mass is 375 g/mol. The third kappa shape index (κ3) is 3.64. The van der Waals surface area contributed by atoms with Crippen LogP contribution < -0.4 is 16.4 Å². The number of hydrogen-bond acceptors (Lipinski definition) is 3. The Morgan fingerprint density at radius 1 is 1.04 bits per heavy atom. The van der Waals surface area contributed by atoms with E-state index in [-0.39, 0.29) is 0 Å². The molecule has 0 aliphatic carbocycles. The fraction of sp³-hybridized carbons (Fsp3) is 0.0476. The van der Waals surface area contributed by atoms with Crippen molar-refractivity contribution in [2.45, 2.75) is 6.54 Å². The zero-order chi connectivity index (χ0) is 19.5. The number of anilines is 2. The molecule has 4 aromatic rings. The normalized spacial score (nSPS) is 10.8. The van der Waals surface area contributed by atoms with Crippen LogP contribution in [-0.2, 0) is 6.54 Å². The smallest absolute Gasteiger partial charge is 0.319 e. The van der Waals surface area contributed by atoms with E-state index in [1.54, 1.807) is 10.7 Å². The molecule has 1 heterocycles. The standard InChI is InChI=1S/C21H18FN5O/c22-15-6-4-7-16(12-15)25-21(28)24-13-14-5-3-8-17(11-14)27-19-10-2-1-9-18(19)20(23)26-27/h1-12H,13H2,(H2,23,26)(H2,24,25,28). The summed E-state index contributed by atoms with van der Waals surface area (Å²) in [4.78, 5) is 12.1. The second-order valence-electron chi connectivity index (χ2n) is 6.30. The highest BCUT2D eigenvalue weighted by Crippen LogP contribution is 2.23. The quantitative estimate of drug-likeness (QED) is 0.503. The number of carbonyl (C=O) groups is 1. The number of amides is 2. The maximum absolute atomic E-state index is 13.2. The zero-order valence-electron chi connectivity index (χ0n) is 14.9. The number of nitrogen functional groups attached to an aromatic ring is 1. The lowest BCUT2D eigenvalue weighted by Gasteiger charge is -2.09. The fourth-order valence-electron chi connectivity index (χ4n) is 3.01. The van der Waals surface area contributed by atoms with Crippen LogP contribution in [0.3, 0.4) is 0 Å². The van der Waals surface area contributed by atoms with Gasteiger partial charge in [-0.05, 0) is 48.0 Å². The molecular formula is C21H18FN5O. The molecule has 0 aliphatic heterocycles. The number of halogens is 1. The Morgan fingerprint density at radius 2 is 1.86 bits per heavy atom. The van der Waals surface area contributed by atoms with Crippen molar-refractivity contribution in [1.82, 2.24) is 15.1 Å². The second kappa shape index (κ2) is 7.40. The van der Waals surface area contributed by atoms with Gasteiger partial charge in [0.25, 0.3) is 0 Å². The predicted molar refractivity (Wildman–Crippen MR) is 108 cm³/mol. The number of para-hydroxylation sites is 1. The molecule has 4 rings (SSSR count). The van der Waals surface area contributed by atoms with Crippen molar-refractivity contribution in [3.63, 3.8) is 0 Å². The van der Waals surface area contributed by atoms with E-state index in [2.05, 4.69) is 15.7 Å². The molecule has 3 aromatic carbocycles. The van der Waals surface area contributed by atoms with E-state index in [1.807, 2.05) is 48.5 Å². The molecule has 0 atom stereocenters. The summed E-state index contributed by atoms with van der Waals surface area (Å²) in [5.74, 6) is 0.0600. The van der Waals surface area contributed by atoms with Gasteiger partial charge in [-0.3, -0.25) is 0 Å². The summed E-state index contributed by atoms with van der Waals surface area (Å²) in [5, 5.41) is 10.7. The number of carbonyl (C=O) groups excluding carboxylic acids is 1. The van der Waals surface area contributed by atoms with E-state index in [0.29, 0.717) is 18.1 Å². The Hall–Kier alpha value is -3.87. The van der Waals surface area contributed by atoms with Crippen LogP contribution in [-0.4, -0.2) is 15.8 Å². The molecule has 4 N–H and O–H groups in total. The van der Waals surface area contributed by atoms with Crippen LogP contribution in [0.15, 0.2) is 72.8 Å². The van der Waals surface area contributed by atoms with Crippen LogP contribution in [0.1, 0.15) is 5.56 Å². The number of hydrogen-bond donors (Lipinski definition) is 3. The first-order valence-electron chi connectivity index (χ1n) is 8.73. The zero-order valence-corrected chi connectivity index (χ0v) is 14.9. The van der Waals surface area contributed by atoms with Gasteiger partial charge < -0.3 is 16.4 Å². The van der Waals surface area contributed by atoms with Gasteiger partial charge in [0.1, 0.15) is 5.82 Å². The number of nitrogens with zero attached hydrogens (tertiary/aromatic N) is 2. The van der Waals surface area contributed by atoms with Crippen LogP contribution in [0.25, 0.3) is 16.6 Å². The average Bonchev–Trinajstić information content (AvgIpc) is 3.04. The van der Waals surface area contributed by atoms with Crippen molar-refractivity contribution >= 4 is 28.4 Å². The summed E-state index contributed by atoms with van der Waals surface area (Å²) in [5.41, 5.74) is 9.05. The molecule has 0 unspecified atom stereocenters. The second-order valence-corrected chi connectivity index (χ2v) is 6.30. The van der Waals surface area contributed by atoms with Gasteiger partial charge in [-0.25, -0.2) is 13.9 Å². The van der Waals surface area contributed by atoms with E-state index in [4.69, 9.17) is 5.73 Å². The van der Waals surface area contributed by atoms with Crippen molar-refractivity contribution in [1.29, 1.82) is 0 Å². The van der Waals surface area contributed by atoms with E-state index >= 15 is 0 Å². The van der Waals surface area contributed by atoms with Gasteiger partial charge in [0, 0.05) is 17.6 Å². The first-order chi connectivity index (χ1) is 13.6. The average molecular weight is 375 g/mol. The highest BCUT2D eigenvalue weighted by molar-refractivity contribution is 5.90. The maximum atomic E-state index is 13.2. The van der Waals surface area contributed by atoms with Crippen molar-refractivity contribution in [3.8, 4) is 5.69 Å². The molecule has 0 saturated heterocycles. The van der Waals surface area contributed by atoms with E-state index < -0.39 is 11.8 Å². The first kappa shape index (κ1) is 17.5. The number of fused-ring (bicyclic) bond motifs is 1. The Labute approximate surface area is 160 Å². The summed E-state index contributed by atoms with van der Waals surface area (Å²) in [7, 11) is 0. The lowest BCUT2D eigenvalue weighted by Crippen LogP contribution is -2.28. The van der Waals surface area contributed by atoms with Gasteiger partial charge in [-0.1, -0.05) is 30.3 Å². The molecule has 2 amide bonds. The largest absolute Gasteiger partial charge is 0.382 e. The van der Waals surface area contributed by atoms with E-state index in [9.17, 15) is 9.18 Å². The Bertz CT molecular complexity index is 1150. The minimum absolute atomic E-state index is 0.309. The Morgan fingerprint density at radius 3 is 2.71 bits per heavy atom. The molecule has 0 saturated carbocycles. The Balaban J connectivity index is 1.49. The van der Waals surface area contributed by atoms with Crippen molar-refractivity contribution < 1.29 is 9.18 Å². The number of aromatic nitrogens is 2. The SMILES string of the molecule is Nc1nn(-c2cccc(CNC(=O)Nc3cccc(F)c3)c2)c2ccccc12. The van der Waals surface area contributed by atoms with Gasteiger partial charge in [-0.15, -0.1) is 5.10 Å². The molecule has 7 heteroatoms. The number of nitrogens with one attached hydrogen (secondary N) is 2. The van der Waals surface area contributed by atoms with E-state index in [0.717, 1.165) is 22.2 Å². The van der Waals surface area contributed by atoms with Crippen LogP contribution >= 0.6 is 0 Å². The number of nitrogens with two attached hydrogens (primary N) is 1. The molecular weight excluding hydrogens is 357 g/mol. The minimum atomic E-state index is -0.412. The number of urea groups is 1. The molecule has 1 aromatic heterocycles. The molecule has 0 bridgehead atoms. The molecule has 0 aliphatic rings. The molecule has 6 nitrogen and oxygen atoms in total. The van der Waals surface area contributed by atoms with Crippen LogP contribution in [0.5, 0.6) is 0 Å². The summed E-state index contributed by atoms with van der Waals surface area (Å²) in [6.45, 7) is 0.309. The molecule has 0 fully saturated rings. The highest BCUT2D eigenvalue weighted by Gasteiger charge is 2.09. The Kier molecular flexibility index (Phi) is 4.63. The van der Waals surface area contributed by atoms with Crippen LogP contribution in [0, 0.1) is 5.82 Å². The molecule has 28 heavy (non-hydrogen) atoms. The van der Waals surface area contributed by atoms with Gasteiger partial charge in [0.2, 0.25) is 0 Å². The lowest BCUT2D eigenvalue weighted by atomic mass is 10.2. The first-order valence-corrected chi connectivity index (χ1v) is 8.73. The topological polar surface area (TPSA) is 85.0 Å². The van der Waals surface area contributed by atoms with Crippen molar-refractivity contribution in [3.05, 3.63) is 84.2 Å². The van der Waals surface area contributed by atoms with Gasteiger partial charge in [0.15, 0.2) is 5.82 Å². The molecule has 0 spiro atoms. The lowest BCUT2D eigenvalue weighted by molar-refractivity contribution is 0.251. The molecule has 0 radical (unpaired) electrons. The fourth-order valence-corrected chi connectivity index (χ4v) is 3.01. The number of benzene rings is 3. The van der Waals surface area contributed by atoms with Crippen LogP contribution in [0.4, 0.5) is 20.7 Å². The summed E-state index contributed by atoms with van der Waals surface area (Å²) in [6, 6.07) is 20.7. The van der Waals surface area contributed by atoms with E-state index in [1.165, 1.54) is 18.2 Å². The van der Waals surface area contributed by atoms with Crippen LogP contribution in [0.2, 0.25) is 0 Å². The predicted octanol–water partition coefficient (Wildman–Crippen LogP) is 4.07. The maximum Gasteiger partial charge on any atom is 0.319 e. The number of rotatable bonds is 4. The van der Waals surface area contributed by atoms with Crippen molar-refractivity contribution in [2.24, 2.45) is 0 Å².